The molecule has 0 aliphatic carbocycles. The van der Waals surface area contributed by atoms with Crippen molar-refractivity contribution in [3.05, 3.63) is 52.3 Å². The van der Waals surface area contributed by atoms with Crippen LogP contribution in [0.2, 0.25) is 0 Å². The van der Waals surface area contributed by atoms with Gasteiger partial charge in [-0.25, -0.2) is 9.18 Å². The van der Waals surface area contributed by atoms with E-state index in [1.807, 2.05) is 13.0 Å². The number of benzene rings is 1. The fraction of sp³-hybridized carbons (Fsp3) is 0.583. The van der Waals surface area contributed by atoms with Gasteiger partial charge in [-0.3, -0.25) is 9.58 Å². The number of carbonyl (C=O) groups excluding carboxylic acids is 1. The topological polar surface area (TPSA) is 50.6 Å². The second-order valence-corrected chi connectivity index (χ2v) is 9.41. The molecule has 1 unspecified atom stereocenters. The summed E-state index contributed by atoms with van der Waals surface area (Å²) in [6.07, 6.45) is -10.1. The Morgan fingerprint density at radius 3 is 2.22 bits per heavy atom. The van der Waals surface area contributed by atoms with Gasteiger partial charge in [0.15, 0.2) is 0 Å². The van der Waals surface area contributed by atoms with E-state index in [4.69, 9.17) is 4.74 Å². The van der Waals surface area contributed by atoms with Crippen LogP contribution in [0.25, 0.3) is 0 Å². The number of fused-ring (bicyclic) bond motifs is 1. The molecule has 204 valence electrons. The lowest BCUT2D eigenvalue weighted by Gasteiger charge is -2.32. The number of nitrogens with zero attached hydrogens (tertiary/aromatic N) is 4. The van der Waals surface area contributed by atoms with Gasteiger partial charge in [0.1, 0.15) is 12.8 Å². The SMILES string of the molecule is CC(c1cc2n(n1)CCCN(C(=O)OCc1cc(C(F)(F)F)cc(C(F)(F)F)c1)C2)N1CCC(F)CC1. The molecule has 4 rings (SSSR count). The number of aromatic nitrogens is 2. The standard InChI is InChI=1S/C24H27F7N4O2/c1-15(33-7-3-19(25)4-8-33)21-12-20-13-34(5-2-6-35(20)32-21)22(36)37-14-16-9-17(23(26,27)28)11-18(10-16)24(29,30)31/h9-12,15,19H,2-8,13-14H2,1H3. The Bertz CT molecular complexity index is 1080. The molecular weight excluding hydrogens is 509 g/mol. The number of ether oxygens (including phenoxy) is 1. The van der Waals surface area contributed by atoms with Gasteiger partial charge in [-0.05, 0) is 56.0 Å². The van der Waals surface area contributed by atoms with Gasteiger partial charge in [0.2, 0.25) is 0 Å². The van der Waals surface area contributed by atoms with Crippen LogP contribution in [0.3, 0.4) is 0 Å². The van der Waals surface area contributed by atoms with Crippen molar-refractivity contribution in [1.82, 2.24) is 19.6 Å². The van der Waals surface area contributed by atoms with Gasteiger partial charge in [0.25, 0.3) is 0 Å². The third-order valence-electron chi connectivity index (χ3n) is 6.74. The van der Waals surface area contributed by atoms with E-state index in [0.717, 1.165) is 11.4 Å². The summed E-state index contributed by atoms with van der Waals surface area (Å²) in [7, 11) is 0. The van der Waals surface area contributed by atoms with E-state index in [2.05, 4.69) is 10.00 Å². The van der Waals surface area contributed by atoms with E-state index in [0.29, 0.717) is 51.0 Å². The van der Waals surface area contributed by atoms with Crippen LogP contribution in [0.1, 0.15) is 60.3 Å². The number of hydrogen-bond donors (Lipinski definition) is 0. The number of halogens is 7. The van der Waals surface area contributed by atoms with Gasteiger partial charge in [0.05, 0.1) is 35.1 Å². The van der Waals surface area contributed by atoms with Crippen molar-refractivity contribution in [1.29, 1.82) is 0 Å². The highest BCUT2D eigenvalue weighted by Gasteiger charge is 2.37. The molecule has 2 aliphatic heterocycles. The maximum absolute atomic E-state index is 13.5. The summed E-state index contributed by atoms with van der Waals surface area (Å²) in [6.45, 7) is 3.42. The summed E-state index contributed by atoms with van der Waals surface area (Å²) in [5.74, 6) is 0. The second-order valence-electron chi connectivity index (χ2n) is 9.41. The van der Waals surface area contributed by atoms with Crippen LogP contribution in [0.5, 0.6) is 0 Å². The Hall–Kier alpha value is -2.83. The minimum Gasteiger partial charge on any atom is -0.445 e. The molecule has 0 bridgehead atoms. The lowest BCUT2D eigenvalue weighted by Crippen LogP contribution is -2.36. The molecule has 1 saturated heterocycles. The average molecular weight is 536 g/mol. The Morgan fingerprint density at radius 2 is 1.62 bits per heavy atom. The lowest BCUT2D eigenvalue weighted by molar-refractivity contribution is -0.143. The highest BCUT2D eigenvalue weighted by molar-refractivity contribution is 5.67. The number of carbonyl (C=O) groups is 1. The van der Waals surface area contributed by atoms with Gasteiger partial charge in [0, 0.05) is 26.2 Å². The molecular formula is C24H27F7N4O2. The number of likely N-dealkylation sites (tertiary alicyclic amines) is 1. The molecule has 1 fully saturated rings. The Morgan fingerprint density at radius 1 is 1.00 bits per heavy atom. The van der Waals surface area contributed by atoms with E-state index >= 15 is 0 Å². The van der Waals surface area contributed by atoms with Crippen molar-refractivity contribution in [2.24, 2.45) is 0 Å². The van der Waals surface area contributed by atoms with Crippen LogP contribution in [0, 0.1) is 0 Å². The number of alkyl halides is 7. The van der Waals surface area contributed by atoms with Crippen molar-refractivity contribution >= 4 is 6.09 Å². The van der Waals surface area contributed by atoms with E-state index in [9.17, 15) is 35.5 Å². The first-order chi connectivity index (χ1) is 17.3. The third kappa shape index (κ3) is 6.55. The summed E-state index contributed by atoms with van der Waals surface area (Å²) in [6, 6.07) is 2.93. The van der Waals surface area contributed by atoms with E-state index in [-0.39, 0.29) is 25.2 Å². The molecule has 1 aromatic heterocycles. The number of amides is 1. The highest BCUT2D eigenvalue weighted by atomic mass is 19.4. The monoisotopic (exact) mass is 536 g/mol. The summed E-state index contributed by atoms with van der Waals surface area (Å²) in [4.78, 5) is 16.2. The molecule has 1 amide bonds. The Kier molecular flexibility index (Phi) is 7.72. The largest absolute Gasteiger partial charge is 0.445 e. The zero-order chi connectivity index (χ0) is 27.0. The number of piperidine rings is 1. The quantitative estimate of drug-likeness (QED) is 0.453. The Labute approximate surface area is 209 Å². The van der Waals surface area contributed by atoms with E-state index < -0.39 is 47.9 Å². The molecule has 3 heterocycles. The van der Waals surface area contributed by atoms with Crippen molar-refractivity contribution in [3.8, 4) is 0 Å². The Balaban J connectivity index is 1.43. The third-order valence-corrected chi connectivity index (χ3v) is 6.74. The molecule has 0 radical (unpaired) electrons. The number of aryl methyl sites for hydroxylation is 1. The second kappa shape index (κ2) is 10.5. The summed E-state index contributed by atoms with van der Waals surface area (Å²) in [5, 5.41) is 4.65. The predicted octanol–water partition coefficient (Wildman–Crippen LogP) is 5.96. The molecule has 0 spiro atoms. The normalized spacial score (nSPS) is 18.9. The molecule has 0 saturated carbocycles. The first kappa shape index (κ1) is 27.2. The molecule has 1 aromatic carbocycles. The maximum atomic E-state index is 13.5. The molecule has 2 aromatic rings. The van der Waals surface area contributed by atoms with Crippen LogP contribution in [0.15, 0.2) is 24.3 Å². The van der Waals surface area contributed by atoms with Crippen molar-refractivity contribution < 1.29 is 40.3 Å². The van der Waals surface area contributed by atoms with Crippen LogP contribution >= 0.6 is 0 Å². The smallest absolute Gasteiger partial charge is 0.416 e. The van der Waals surface area contributed by atoms with E-state index in [1.54, 1.807) is 4.68 Å². The van der Waals surface area contributed by atoms with Crippen molar-refractivity contribution in [3.63, 3.8) is 0 Å². The molecule has 2 aliphatic rings. The minimum atomic E-state index is -4.99. The van der Waals surface area contributed by atoms with Crippen molar-refractivity contribution in [2.45, 2.75) is 70.4 Å². The summed E-state index contributed by atoms with van der Waals surface area (Å²) < 4.78 is 99.0. The predicted molar refractivity (Wildman–Crippen MR) is 118 cm³/mol. The van der Waals surface area contributed by atoms with Gasteiger partial charge in [-0.15, -0.1) is 0 Å². The van der Waals surface area contributed by atoms with Gasteiger partial charge >= 0.3 is 18.4 Å². The molecule has 13 heteroatoms. The number of rotatable bonds is 4. The number of hydrogen-bond acceptors (Lipinski definition) is 4. The molecule has 37 heavy (non-hydrogen) atoms. The van der Waals surface area contributed by atoms with E-state index in [1.165, 1.54) is 4.90 Å². The van der Waals surface area contributed by atoms with Crippen LogP contribution in [-0.2, 0) is 36.8 Å². The molecule has 6 nitrogen and oxygen atoms in total. The van der Waals surface area contributed by atoms with Crippen LogP contribution in [0.4, 0.5) is 35.5 Å². The summed E-state index contributed by atoms with van der Waals surface area (Å²) in [5.41, 5.74) is -1.83. The first-order valence-electron chi connectivity index (χ1n) is 12.0. The fourth-order valence-corrected chi connectivity index (χ4v) is 4.63. The fourth-order valence-electron chi connectivity index (χ4n) is 4.63. The average Bonchev–Trinajstić information content (AvgIpc) is 3.12. The van der Waals surface area contributed by atoms with Crippen LogP contribution in [-0.4, -0.2) is 51.5 Å². The maximum Gasteiger partial charge on any atom is 0.416 e. The van der Waals surface area contributed by atoms with Gasteiger partial charge in [-0.1, -0.05) is 0 Å². The first-order valence-corrected chi connectivity index (χ1v) is 12.0. The molecule has 0 N–H and O–H groups in total. The lowest BCUT2D eigenvalue weighted by atomic mass is 10.1. The summed E-state index contributed by atoms with van der Waals surface area (Å²) >= 11 is 0. The van der Waals surface area contributed by atoms with Gasteiger partial charge < -0.3 is 9.64 Å². The molecule has 1 atom stereocenters. The zero-order valence-corrected chi connectivity index (χ0v) is 20.1. The van der Waals surface area contributed by atoms with Gasteiger partial charge in [-0.2, -0.15) is 31.4 Å². The highest BCUT2D eigenvalue weighted by Crippen LogP contribution is 2.36. The zero-order valence-electron chi connectivity index (χ0n) is 20.1. The van der Waals surface area contributed by atoms with Crippen molar-refractivity contribution in [2.75, 3.05) is 19.6 Å². The van der Waals surface area contributed by atoms with Crippen LogP contribution < -0.4 is 0 Å². The minimum absolute atomic E-state index is 0.0274.